The van der Waals surface area contributed by atoms with Crippen LogP contribution in [0.5, 0.6) is 5.75 Å². The van der Waals surface area contributed by atoms with Gasteiger partial charge in [-0.1, -0.05) is 29.3 Å². The maximum atomic E-state index is 12.8. The fourth-order valence-electron chi connectivity index (χ4n) is 4.60. The largest absolute Gasteiger partial charge is 0.507 e. The minimum atomic E-state index is -0.506. The number of nitrogens with one attached hydrogen (secondary N) is 2. The highest BCUT2D eigenvalue weighted by molar-refractivity contribution is 6.44. The lowest BCUT2D eigenvalue weighted by Gasteiger charge is -2.30. The van der Waals surface area contributed by atoms with Crippen molar-refractivity contribution in [3.8, 4) is 5.75 Å². The average molecular weight is 655 g/mol. The molecule has 2 saturated heterocycles. The number of anilines is 5. The van der Waals surface area contributed by atoms with Crippen molar-refractivity contribution < 1.29 is 15.6 Å². The molecule has 13 nitrogen and oxygen atoms in total. The predicted molar refractivity (Wildman–Crippen MR) is 184 cm³/mol. The van der Waals surface area contributed by atoms with E-state index in [-0.39, 0.29) is 59.1 Å². The van der Waals surface area contributed by atoms with Gasteiger partial charge in [-0.15, -0.1) is 12.4 Å². The second-order valence-electron chi connectivity index (χ2n) is 9.27. The molecule has 42 heavy (non-hydrogen) atoms. The van der Waals surface area contributed by atoms with Crippen molar-refractivity contribution in [2.75, 3.05) is 46.6 Å². The Morgan fingerprint density at radius 2 is 1.36 bits per heavy atom. The molecule has 3 aromatic rings. The first-order valence-electron chi connectivity index (χ1n) is 12.6. The summed E-state index contributed by atoms with van der Waals surface area (Å²) in [6, 6.07) is 9.65. The second-order valence-corrected chi connectivity index (χ2v) is 10.1. The molecule has 0 aliphatic carbocycles. The molecule has 0 saturated carbocycles. The van der Waals surface area contributed by atoms with Gasteiger partial charge in [-0.25, -0.2) is 0 Å². The van der Waals surface area contributed by atoms with Gasteiger partial charge < -0.3 is 50.1 Å². The van der Waals surface area contributed by atoms with E-state index in [4.69, 9.17) is 28.2 Å². The molecular weight excluding hydrogens is 605 g/mol. The molecule has 2 fully saturated rings. The Balaban J connectivity index is -0.000000623. The molecule has 5 rings (SSSR count). The van der Waals surface area contributed by atoms with Crippen LogP contribution in [0.3, 0.4) is 0 Å². The molecule has 0 unspecified atom stereocenters. The van der Waals surface area contributed by atoms with Crippen molar-refractivity contribution in [3.05, 3.63) is 52.0 Å². The van der Waals surface area contributed by atoms with Crippen LogP contribution < -0.4 is 45.0 Å². The molecule has 1 amide bonds. The predicted octanol–water partition coefficient (Wildman–Crippen LogP) is 7.91. The zero-order valence-corrected chi connectivity index (χ0v) is 25.9. The summed E-state index contributed by atoms with van der Waals surface area (Å²) in [4.78, 5) is 31.3. The highest BCUT2D eigenvalue weighted by atomic mass is 35.5. The summed E-state index contributed by atoms with van der Waals surface area (Å²) in [5.41, 5.74) is 1.01. The fourth-order valence-corrected chi connectivity index (χ4v) is 4.95. The Morgan fingerprint density at radius 1 is 0.810 bits per heavy atom. The number of aromatic nitrogens is 3. The average Bonchev–Trinajstić information content (AvgIpc) is 2.92. The number of hydrogen-bond acceptors (Lipinski definition) is 12. The van der Waals surface area contributed by atoms with Gasteiger partial charge in [0.25, 0.3) is 5.91 Å². The number of amides is 1. The van der Waals surface area contributed by atoms with Crippen LogP contribution in [-0.4, -0.2) is 52.1 Å². The summed E-state index contributed by atoms with van der Waals surface area (Å²) >= 11 is 12.2. The van der Waals surface area contributed by atoms with Crippen LogP contribution >= 0.6 is 35.6 Å². The number of rotatable bonds is 6. The van der Waals surface area contributed by atoms with Crippen LogP contribution in [0.2, 0.25) is 10.0 Å². The summed E-state index contributed by atoms with van der Waals surface area (Å²) in [5.74, 6) is 1.03. The number of halogens is 3. The number of nitrogens with zero attached hydrogens (tertiary/aromatic N) is 5. The van der Waals surface area contributed by atoms with Gasteiger partial charge in [-0.3, -0.25) is 4.79 Å². The van der Waals surface area contributed by atoms with Crippen LogP contribution in [0.15, 0.2) is 36.4 Å². The number of carbonyl (C=O) groups excluding carboxylic acids is 1. The molecule has 2 aliphatic rings. The molecule has 2 aliphatic heterocycles. The lowest BCUT2D eigenvalue weighted by atomic mass is 10.1. The lowest BCUT2D eigenvalue weighted by Crippen LogP contribution is -2.34. The standard InChI is InChI=1S/C26H29Cl2N7O2.ClH.4H3N.4H2/c27-19-8-7-9-20(22(19)28)30-23(37)18-11-10-17(16-21(18)36)29-24-31-25(34-12-3-1-4-13-34)33-26(32-24)35-14-5-2-6-15-35;;;;;;;;;/h7-11,16,36H,1-6,12-15H2,(H,30,37)(H,29,31,32,33);1H;4*1H3;4*1H. The Bertz CT molecular complexity index is 1270. The number of phenols is 1. The van der Waals surface area contributed by atoms with E-state index in [1.165, 1.54) is 25.0 Å². The van der Waals surface area contributed by atoms with Gasteiger partial charge in [0.15, 0.2) is 0 Å². The van der Waals surface area contributed by atoms with Crippen LogP contribution in [0.25, 0.3) is 0 Å². The van der Waals surface area contributed by atoms with Crippen molar-refractivity contribution in [1.82, 2.24) is 39.6 Å². The quantitative estimate of drug-likeness (QED) is 0.134. The summed E-state index contributed by atoms with van der Waals surface area (Å²) < 4.78 is 0. The van der Waals surface area contributed by atoms with E-state index in [1.54, 1.807) is 24.3 Å². The van der Waals surface area contributed by atoms with Crippen molar-refractivity contribution in [3.63, 3.8) is 0 Å². The summed E-state index contributed by atoms with van der Waals surface area (Å²) in [6.45, 7) is 3.68. The van der Waals surface area contributed by atoms with E-state index in [0.29, 0.717) is 34.2 Å². The van der Waals surface area contributed by atoms with E-state index < -0.39 is 5.91 Å². The van der Waals surface area contributed by atoms with Crippen LogP contribution in [-0.2, 0) is 0 Å². The number of aromatic hydroxyl groups is 1. The highest BCUT2D eigenvalue weighted by Gasteiger charge is 2.21. The molecule has 242 valence electrons. The van der Waals surface area contributed by atoms with Crippen LogP contribution in [0, 0.1) is 0 Å². The van der Waals surface area contributed by atoms with E-state index in [9.17, 15) is 9.90 Å². The third-order valence-electron chi connectivity index (χ3n) is 6.59. The highest BCUT2D eigenvalue weighted by Crippen LogP contribution is 2.31. The molecule has 15 N–H and O–H groups in total. The van der Waals surface area contributed by atoms with Gasteiger partial charge in [0.2, 0.25) is 17.8 Å². The molecule has 16 heteroatoms. The number of phenolic OH excluding ortho intramolecular Hbond substituents is 1. The van der Waals surface area contributed by atoms with Crippen molar-refractivity contribution in [1.29, 1.82) is 0 Å². The number of piperidine rings is 2. The molecule has 0 bridgehead atoms. The third-order valence-corrected chi connectivity index (χ3v) is 7.41. The summed E-state index contributed by atoms with van der Waals surface area (Å²) in [7, 11) is 0. The first kappa shape index (κ1) is 38.8. The van der Waals surface area contributed by atoms with Gasteiger partial charge >= 0.3 is 0 Å². The van der Waals surface area contributed by atoms with Gasteiger partial charge in [-0.2, -0.15) is 15.0 Å². The maximum Gasteiger partial charge on any atom is 0.259 e. The normalized spacial score (nSPS) is 14.0. The van der Waals surface area contributed by atoms with Crippen molar-refractivity contribution in [2.24, 2.45) is 0 Å². The van der Waals surface area contributed by atoms with E-state index in [1.807, 2.05) is 0 Å². The molecule has 0 atom stereocenters. The maximum absolute atomic E-state index is 12.8. The zero-order chi connectivity index (χ0) is 25.8. The first-order valence-corrected chi connectivity index (χ1v) is 13.3. The SMILES string of the molecule is Cl.N.N.N.N.O=C(Nc1cccc(Cl)c1Cl)c1ccc(Nc2nc(N3CCCCC3)nc(N3CCCCC3)n2)cc1O.[HH].[HH].[HH].[HH]. The molecule has 3 heterocycles. The van der Waals surface area contributed by atoms with Gasteiger partial charge in [0, 0.05) is 43.6 Å². The monoisotopic (exact) mass is 653 g/mol. The topological polar surface area (TPSA) is 247 Å². The summed E-state index contributed by atoms with van der Waals surface area (Å²) in [5, 5.41) is 17.1. The van der Waals surface area contributed by atoms with Crippen molar-refractivity contribution in [2.45, 2.75) is 38.5 Å². The van der Waals surface area contributed by atoms with Gasteiger partial charge in [0.05, 0.1) is 21.3 Å². The first-order chi connectivity index (χ1) is 18.0. The second kappa shape index (κ2) is 17.7. The Labute approximate surface area is 268 Å². The Kier molecular flexibility index (Phi) is 16.4. The minimum Gasteiger partial charge on any atom is -0.507 e. The summed E-state index contributed by atoms with van der Waals surface area (Å²) in [6.07, 6.45) is 6.90. The fraction of sp³-hybridized carbons (Fsp3) is 0.385. The Morgan fingerprint density at radius 3 is 1.88 bits per heavy atom. The molecule has 0 spiro atoms. The number of benzene rings is 2. The Hall–Kier alpha value is -3.17. The third kappa shape index (κ3) is 9.16. The molecule has 1 aromatic heterocycles. The molecular formula is C26H50Cl3N11O2. The van der Waals surface area contributed by atoms with Crippen LogP contribution in [0.4, 0.5) is 29.2 Å². The minimum absolute atomic E-state index is 0. The smallest absolute Gasteiger partial charge is 0.259 e. The van der Waals surface area contributed by atoms with E-state index in [2.05, 4.69) is 30.4 Å². The number of hydrogen-bond donors (Lipinski definition) is 7. The van der Waals surface area contributed by atoms with Crippen molar-refractivity contribution >= 4 is 70.7 Å². The van der Waals surface area contributed by atoms with Crippen LogP contribution in [0.1, 0.15) is 54.6 Å². The van der Waals surface area contributed by atoms with E-state index in [0.717, 1.165) is 51.9 Å². The number of carbonyl (C=O) groups is 1. The molecule has 2 aromatic carbocycles. The van der Waals surface area contributed by atoms with Gasteiger partial charge in [-0.05, 0) is 62.8 Å². The van der Waals surface area contributed by atoms with E-state index >= 15 is 0 Å². The lowest BCUT2D eigenvalue weighted by molar-refractivity contribution is 0.102. The van der Waals surface area contributed by atoms with Gasteiger partial charge in [0.1, 0.15) is 5.75 Å². The zero-order valence-electron chi connectivity index (χ0n) is 23.6. The molecule has 0 radical (unpaired) electrons.